The van der Waals surface area contributed by atoms with Gasteiger partial charge in [-0.2, -0.15) is 0 Å². The summed E-state index contributed by atoms with van der Waals surface area (Å²) in [5.74, 6) is -0.836. The van der Waals surface area contributed by atoms with E-state index in [1.54, 1.807) is 0 Å². The molecule has 54 heavy (non-hydrogen) atoms. The van der Waals surface area contributed by atoms with Gasteiger partial charge in [-0.25, -0.2) is 4.57 Å². The molecule has 0 fully saturated rings. The Morgan fingerprint density at radius 2 is 0.981 bits per heavy atom. The number of rotatable bonds is 42. The van der Waals surface area contributed by atoms with Gasteiger partial charge in [-0.3, -0.25) is 18.6 Å². The third-order valence-corrected chi connectivity index (χ3v) is 10.6. The first-order valence-electron chi connectivity index (χ1n) is 22.3. The molecule has 0 heterocycles. The third-order valence-electron chi connectivity index (χ3n) is 9.59. The molecule has 9 nitrogen and oxygen atoms in total. The van der Waals surface area contributed by atoms with Crippen LogP contribution in [0.1, 0.15) is 213 Å². The van der Waals surface area contributed by atoms with Gasteiger partial charge in [-0.1, -0.05) is 186 Å². The first-order chi connectivity index (χ1) is 26.3. The van der Waals surface area contributed by atoms with E-state index in [1.807, 2.05) is 0 Å². The molecule has 10 heteroatoms. The molecule has 0 aromatic rings. The molecule has 0 aromatic carbocycles. The van der Waals surface area contributed by atoms with Crippen molar-refractivity contribution < 1.29 is 37.6 Å². The Balaban J connectivity index is 4.09. The average Bonchev–Trinajstić information content (AvgIpc) is 3.16. The van der Waals surface area contributed by atoms with Gasteiger partial charge in [0.25, 0.3) is 0 Å². The summed E-state index contributed by atoms with van der Waals surface area (Å²) >= 11 is 0. The van der Waals surface area contributed by atoms with Crippen LogP contribution in [0.5, 0.6) is 0 Å². The normalized spacial score (nSPS) is 13.5. The highest BCUT2D eigenvalue weighted by molar-refractivity contribution is 7.47. The smallest absolute Gasteiger partial charge is 0.462 e. The predicted molar refractivity (Wildman–Crippen MR) is 224 cm³/mol. The van der Waals surface area contributed by atoms with E-state index in [9.17, 15) is 19.0 Å². The lowest BCUT2D eigenvalue weighted by Crippen LogP contribution is -2.29. The fourth-order valence-electron chi connectivity index (χ4n) is 6.24. The van der Waals surface area contributed by atoms with Crippen LogP contribution in [0.25, 0.3) is 0 Å². The van der Waals surface area contributed by atoms with Gasteiger partial charge in [0, 0.05) is 19.4 Å². The van der Waals surface area contributed by atoms with Crippen molar-refractivity contribution >= 4 is 19.8 Å². The van der Waals surface area contributed by atoms with Gasteiger partial charge < -0.3 is 20.1 Å². The topological polar surface area (TPSA) is 134 Å². The predicted octanol–water partition coefficient (Wildman–Crippen LogP) is 12.8. The average molecular weight is 786 g/mol. The van der Waals surface area contributed by atoms with Gasteiger partial charge in [-0.05, 0) is 38.5 Å². The van der Waals surface area contributed by atoms with Crippen molar-refractivity contribution in [2.24, 2.45) is 5.73 Å². The number of nitrogens with two attached hydrogens (primary N) is 1. The van der Waals surface area contributed by atoms with E-state index in [0.29, 0.717) is 6.42 Å². The summed E-state index contributed by atoms with van der Waals surface area (Å²) < 4.78 is 32.8. The minimum atomic E-state index is -4.38. The van der Waals surface area contributed by atoms with E-state index in [-0.39, 0.29) is 38.6 Å². The molecule has 318 valence electrons. The summed E-state index contributed by atoms with van der Waals surface area (Å²) in [6, 6.07) is 0. The molecule has 0 saturated heterocycles. The highest BCUT2D eigenvalue weighted by Gasteiger charge is 2.26. The summed E-state index contributed by atoms with van der Waals surface area (Å²) in [7, 11) is -4.38. The molecule has 0 saturated carbocycles. The van der Waals surface area contributed by atoms with E-state index in [1.165, 1.54) is 116 Å². The fourth-order valence-corrected chi connectivity index (χ4v) is 7.01. The second kappa shape index (κ2) is 41.1. The fraction of sp³-hybridized carbons (Fsp3) is 0.864. The lowest BCUT2D eigenvalue weighted by molar-refractivity contribution is -0.161. The molecule has 0 aliphatic rings. The monoisotopic (exact) mass is 786 g/mol. The number of ether oxygens (including phenoxy) is 2. The van der Waals surface area contributed by atoms with Crippen LogP contribution in [-0.2, 0) is 32.7 Å². The molecular formula is C44H84NO8P. The number of carbonyl (C=O) groups is 2. The molecule has 0 rings (SSSR count). The first kappa shape index (κ1) is 52.5. The zero-order valence-electron chi connectivity index (χ0n) is 35.0. The Morgan fingerprint density at radius 3 is 1.46 bits per heavy atom. The van der Waals surface area contributed by atoms with Crippen LogP contribution < -0.4 is 5.73 Å². The van der Waals surface area contributed by atoms with E-state index < -0.39 is 26.5 Å². The van der Waals surface area contributed by atoms with E-state index in [2.05, 4.69) is 38.2 Å². The van der Waals surface area contributed by atoms with Crippen LogP contribution in [0.2, 0.25) is 0 Å². The van der Waals surface area contributed by atoms with Gasteiger partial charge in [0.1, 0.15) is 6.61 Å². The standard InChI is InChI=1S/C44H84NO8P/c1-3-5-7-9-11-13-15-17-19-20-21-22-23-25-26-28-30-32-34-36-43(46)50-40-42(41-52-54(48,49)51-39-38-45)53-44(47)37-35-33-31-29-27-24-18-16-14-12-10-8-6-4-2/h10,12,16,18,42H,3-9,11,13-15,17,19-41,45H2,1-2H3,(H,48,49)/b12-10+,18-16+/t42-/m0/s1. The summed E-state index contributed by atoms with van der Waals surface area (Å²) in [6.45, 7) is 3.70. The van der Waals surface area contributed by atoms with Crippen LogP contribution in [0, 0.1) is 0 Å². The second-order valence-electron chi connectivity index (χ2n) is 14.9. The number of hydrogen-bond donors (Lipinski definition) is 2. The molecule has 0 aromatic heterocycles. The first-order valence-corrected chi connectivity index (χ1v) is 23.8. The van der Waals surface area contributed by atoms with Crippen LogP contribution in [0.4, 0.5) is 0 Å². The van der Waals surface area contributed by atoms with Crippen LogP contribution >= 0.6 is 7.82 Å². The lowest BCUT2D eigenvalue weighted by Gasteiger charge is -2.19. The molecule has 0 radical (unpaired) electrons. The molecule has 1 unspecified atom stereocenters. The lowest BCUT2D eigenvalue weighted by atomic mass is 10.0. The Hall–Kier alpha value is -1.51. The quantitative estimate of drug-likeness (QED) is 0.0268. The Kier molecular flexibility index (Phi) is 40.0. The second-order valence-corrected chi connectivity index (χ2v) is 16.4. The van der Waals surface area contributed by atoms with Crippen molar-refractivity contribution in [3.63, 3.8) is 0 Å². The SMILES string of the molecule is CCCC/C=C/C/C=C/CCCCCCCC(=O)O[C@@H](COC(=O)CCCCCCCCCCCCCCCCCCCCC)COP(=O)(O)OCCN. The zero-order valence-corrected chi connectivity index (χ0v) is 35.9. The van der Waals surface area contributed by atoms with Crippen molar-refractivity contribution in [2.75, 3.05) is 26.4 Å². The Labute approximate surface area is 332 Å². The number of hydrogen-bond acceptors (Lipinski definition) is 8. The molecular weight excluding hydrogens is 701 g/mol. The molecule has 0 aliphatic heterocycles. The van der Waals surface area contributed by atoms with Gasteiger partial charge in [0.2, 0.25) is 0 Å². The Bertz CT molecular complexity index is 944. The largest absolute Gasteiger partial charge is 0.472 e. The van der Waals surface area contributed by atoms with Crippen molar-refractivity contribution in [3.05, 3.63) is 24.3 Å². The molecule has 0 amide bonds. The van der Waals surface area contributed by atoms with Gasteiger partial charge in [-0.15, -0.1) is 0 Å². The summed E-state index contributed by atoms with van der Waals surface area (Å²) in [5, 5.41) is 0. The maximum Gasteiger partial charge on any atom is 0.472 e. The maximum atomic E-state index is 12.6. The Morgan fingerprint density at radius 1 is 0.556 bits per heavy atom. The van der Waals surface area contributed by atoms with Crippen molar-refractivity contribution in [2.45, 2.75) is 219 Å². The molecule has 3 N–H and O–H groups in total. The molecule has 0 spiro atoms. The zero-order chi connectivity index (χ0) is 39.6. The number of allylic oxidation sites excluding steroid dienone is 4. The molecule has 2 atom stereocenters. The number of phosphoric ester groups is 1. The third kappa shape index (κ3) is 40.2. The minimum absolute atomic E-state index is 0.0525. The molecule has 0 aliphatic carbocycles. The van der Waals surface area contributed by atoms with Crippen LogP contribution in [0.3, 0.4) is 0 Å². The summed E-state index contributed by atoms with van der Waals surface area (Å²) in [6.07, 6.45) is 43.5. The van der Waals surface area contributed by atoms with Crippen LogP contribution in [0.15, 0.2) is 24.3 Å². The van der Waals surface area contributed by atoms with Gasteiger partial charge >= 0.3 is 19.8 Å². The van der Waals surface area contributed by atoms with E-state index >= 15 is 0 Å². The summed E-state index contributed by atoms with van der Waals surface area (Å²) in [4.78, 5) is 34.9. The maximum absolute atomic E-state index is 12.6. The summed E-state index contributed by atoms with van der Waals surface area (Å²) in [5.41, 5.74) is 5.35. The van der Waals surface area contributed by atoms with Gasteiger partial charge in [0.05, 0.1) is 13.2 Å². The van der Waals surface area contributed by atoms with Gasteiger partial charge in [0.15, 0.2) is 6.10 Å². The number of unbranched alkanes of at least 4 members (excludes halogenated alkanes) is 25. The van der Waals surface area contributed by atoms with E-state index in [0.717, 1.165) is 64.2 Å². The number of esters is 2. The number of phosphoric acid groups is 1. The van der Waals surface area contributed by atoms with E-state index in [4.69, 9.17) is 24.3 Å². The highest BCUT2D eigenvalue weighted by atomic mass is 31.2. The van der Waals surface area contributed by atoms with Crippen LogP contribution in [-0.4, -0.2) is 49.3 Å². The van der Waals surface area contributed by atoms with Crippen molar-refractivity contribution in [1.82, 2.24) is 0 Å². The number of carbonyl (C=O) groups excluding carboxylic acids is 2. The minimum Gasteiger partial charge on any atom is -0.462 e. The van der Waals surface area contributed by atoms with Crippen molar-refractivity contribution in [1.29, 1.82) is 0 Å². The molecule has 0 bridgehead atoms. The highest BCUT2D eigenvalue weighted by Crippen LogP contribution is 2.43. The van der Waals surface area contributed by atoms with Crippen molar-refractivity contribution in [3.8, 4) is 0 Å².